The summed E-state index contributed by atoms with van der Waals surface area (Å²) in [5.41, 5.74) is 5.59. The third kappa shape index (κ3) is 9.72. The normalized spacial score (nSPS) is 13.6. The predicted molar refractivity (Wildman–Crippen MR) is 52.8 cm³/mol. The first-order valence-corrected chi connectivity index (χ1v) is 5.02. The summed E-state index contributed by atoms with van der Waals surface area (Å²) in [6.45, 7) is 0.276. The number of nitrogens with two attached hydrogens (primary N) is 1. The Morgan fingerprint density at radius 1 is 1.50 bits per heavy atom. The van der Waals surface area contributed by atoms with E-state index in [0.717, 1.165) is 6.42 Å². The summed E-state index contributed by atoms with van der Waals surface area (Å²) in [4.78, 5) is 11.0. The molecule has 0 aliphatic carbocycles. The first kappa shape index (κ1) is 15.2. The molecule has 0 saturated carbocycles. The van der Waals surface area contributed by atoms with E-state index in [-0.39, 0.29) is 6.04 Å². The summed E-state index contributed by atoms with van der Waals surface area (Å²) < 4.78 is 39.1. The lowest BCUT2D eigenvalue weighted by molar-refractivity contribution is -0.175. The minimum absolute atomic E-state index is 0.00334. The number of carbonyl (C=O) groups is 1. The molecule has 0 aliphatic rings. The average molecular weight is 242 g/mol. The molecule has 4 nitrogen and oxygen atoms in total. The molecule has 0 aromatic rings. The summed E-state index contributed by atoms with van der Waals surface area (Å²) in [7, 11) is 0. The van der Waals surface area contributed by atoms with Crippen molar-refractivity contribution in [2.24, 2.45) is 5.73 Å². The highest BCUT2D eigenvalue weighted by atomic mass is 19.4. The molecule has 16 heavy (non-hydrogen) atoms. The van der Waals surface area contributed by atoms with Gasteiger partial charge in [-0.3, -0.25) is 4.79 Å². The van der Waals surface area contributed by atoms with Gasteiger partial charge < -0.3 is 15.8 Å². The van der Waals surface area contributed by atoms with E-state index >= 15 is 0 Å². The number of alkyl halides is 3. The number of hydrogen-bond donors (Lipinski definition) is 2. The Balaban J connectivity index is 3.46. The molecule has 0 heterocycles. The van der Waals surface area contributed by atoms with Crippen molar-refractivity contribution in [1.29, 1.82) is 0 Å². The van der Waals surface area contributed by atoms with Gasteiger partial charge in [-0.25, -0.2) is 0 Å². The third-order valence-corrected chi connectivity index (χ3v) is 1.86. The van der Waals surface area contributed by atoms with Crippen LogP contribution in [-0.4, -0.2) is 37.9 Å². The van der Waals surface area contributed by atoms with Crippen molar-refractivity contribution in [1.82, 2.24) is 5.32 Å². The summed E-state index contributed by atoms with van der Waals surface area (Å²) >= 11 is 0. The van der Waals surface area contributed by atoms with Crippen molar-refractivity contribution < 1.29 is 22.7 Å². The minimum Gasteiger partial charge on any atom is -0.362 e. The van der Waals surface area contributed by atoms with Crippen LogP contribution in [0.3, 0.4) is 0 Å². The van der Waals surface area contributed by atoms with Crippen molar-refractivity contribution >= 4 is 5.91 Å². The summed E-state index contributed by atoms with van der Waals surface area (Å²) in [5, 5.41) is 2.42. The lowest BCUT2D eigenvalue weighted by Crippen LogP contribution is -2.33. The number of carbonyl (C=O) groups excluding carboxylic acids is 1. The van der Waals surface area contributed by atoms with Gasteiger partial charge >= 0.3 is 6.18 Å². The van der Waals surface area contributed by atoms with Crippen LogP contribution in [0.4, 0.5) is 13.2 Å². The van der Waals surface area contributed by atoms with Crippen LogP contribution in [0.5, 0.6) is 0 Å². The van der Waals surface area contributed by atoms with E-state index in [9.17, 15) is 18.0 Å². The smallest absolute Gasteiger partial charge is 0.362 e. The standard InChI is InChI=1S/C9H17F3N2O2/c1-2-7(13)3-4-14-8(15)5-16-6-9(10,11)12/h7H,2-6,13H2,1H3,(H,14,15). The van der Waals surface area contributed by atoms with Gasteiger partial charge in [0.15, 0.2) is 0 Å². The van der Waals surface area contributed by atoms with Crippen molar-refractivity contribution in [3.05, 3.63) is 0 Å². The monoisotopic (exact) mass is 242 g/mol. The quantitative estimate of drug-likeness (QED) is 0.694. The zero-order valence-electron chi connectivity index (χ0n) is 9.14. The SMILES string of the molecule is CCC(N)CCNC(=O)COCC(F)(F)F. The number of hydrogen-bond acceptors (Lipinski definition) is 3. The Bertz CT molecular complexity index is 209. The Morgan fingerprint density at radius 3 is 2.62 bits per heavy atom. The van der Waals surface area contributed by atoms with Crippen LogP contribution in [0.15, 0.2) is 0 Å². The minimum atomic E-state index is -4.40. The van der Waals surface area contributed by atoms with Crippen molar-refractivity contribution in [2.45, 2.75) is 32.0 Å². The largest absolute Gasteiger partial charge is 0.411 e. The van der Waals surface area contributed by atoms with Crippen LogP contribution < -0.4 is 11.1 Å². The van der Waals surface area contributed by atoms with E-state index in [1.165, 1.54) is 0 Å². The Labute approximate surface area is 92.3 Å². The predicted octanol–water partition coefficient (Wildman–Crippen LogP) is 0.809. The van der Waals surface area contributed by atoms with Gasteiger partial charge in [0, 0.05) is 12.6 Å². The summed E-state index contributed by atoms with van der Waals surface area (Å²) in [5.74, 6) is -0.562. The highest BCUT2D eigenvalue weighted by Crippen LogP contribution is 2.13. The molecular weight excluding hydrogens is 225 g/mol. The van der Waals surface area contributed by atoms with Crippen LogP contribution in [0, 0.1) is 0 Å². The van der Waals surface area contributed by atoms with Crippen molar-refractivity contribution in [3.63, 3.8) is 0 Å². The zero-order valence-corrected chi connectivity index (χ0v) is 9.14. The molecule has 0 rings (SSSR count). The second-order valence-electron chi connectivity index (χ2n) is 3.41. The third-order valence-electron chi connectivity index (χ3n) is 1.86. The number of ether oxygens (including phenoxy) is 1. The first-order chi connectivity index (χ1) is 7.35. The second kappa shape index (κ2) is 7.45. The number of halogens is 3. The van der Waals surface area contributed by atoms with Gasteiger partial charge in [-0.1, -0.05) is 6.92 Å². The number of rotatable bonds is 7. The fourth-order valence-corrected chi connectivity index (χ4v) is 0.912. The Morgan fingerprint density at radius 2 is 2.12 bits per heavy atom. The molecule has 0 aromatic heterocycles. The van der Waals surface area contributed by atoms with E-state index in [4.69, 9.17) is 5.73 Å². The second-order valence-corrected chi connectivity index (χ2v) is 3.41. The van der Waals surface area contributed by atoms with Crippen LogP contribution in [0.2, 0.25) is 0 Å². The molecule has 0 spiro atoms. The van der Waals surface area contributed by atoms with Gasteiger partial charge in [0.25, 0.3) is 0 Å². The van der Waals surface area contributed by atoms with Gasteiger partial charge in [0.2, 0.25) is 5.91 Å². The fraction of sp³-hybridized carbons (Fsp3) is 0.889. The average Bonchev–Trinajstić information content (AvgIpc) is 2.15. The molecule has 1 unspecified atom stereocenters. The molecule has 0 bridgehead atoms. The van der Waals surface area contributed by atoms with Gasteiger partial charge in [-0.15, -0.1) is 0 Å². The van der Waals surface area contributed by atoms with E-state index in [1.807, 2.05) is 6.92 Å². The molecule has 7 heteroatoms. The van der Waals surface area contributed by atoms with E-state index in [1.54, 1.807) is 0 Å². The molecule has 3 N–H and O–H groups in total. The first-order valence-electron chi connectivity index (χ1n) is 5.02. The molecular formula is C9H17F3N2O2. The van der Waals surface area contributed by atoms with Gasteiger partial charge in [-0.05, 0) is 12.8 Å². The van der Waals surface area contributed by atoms with E-state index in [0.29, 0.717) is 13.0 Å². The highest BCUT2D eigenvalue weighted by Gasteiger charge is 2.27. The Hall–Kier alpha value is -0.820. The van der Waals surface area contributed by atoms with Crippen molar-refractivity contribution in [2.75, 3.05) is 19.8 Å². The van der Waals surface area contributed by atoms with E-state index in [2.05, 4.69) is 10.1 Å². The zero-order chi connectivity index (χ0) is 12.6. The molecule has 0 aliphatic heterocycles. The maximum Gasteiger partial charge on any atom is 0.411 e. The highest BCUT2D eigenvalue weighted by molar-refractivity contribution is 5.77. The topological polar surface area (TPSA) is 64.3 Å². The lowest BCUT2D eigenvalue weighted by Gasteiger charge is -2.10. The van der Waals surface area contributed by atoms with Gasteiger partial charge in [0.1, 0.15) is 13.2 Å². The molecule has 1 atom stereocenters. The lowest BCUT2D eigenvalue weighted by atomic mass is 10.2. The fourth-order valence-electron chi connectivity index (χ4n) is 0.912. The molecule has 96 valence electrons. The Kier molecular flexibility index (Phi) is 7.07. The molecule has 0 saturated heterocycles. The maximum atomic E-state index is 11.6. The summed E-state index contributed by atoms with van der Waals surface area (Å²) in [6.07, 6.45) is -3.01. The number of amides is 1. The van der Waals surface area contributed by atoms with Crippen LogP contribution in [0.1, 0.15) is 19.8 Å². The molecule has 0 aromatic carbocycles. The van der Waals surface area contributed by atoms with Crippen LogP contribution >= 0.6 is 0 Å². The van der Waals surface area contributed by atoms with Crippen LogP contribution in [-0.2, 0) is 9.53 Å². The van der Waals surface area contributed by atoms with Gasteiger partial charge in [-0.2, -0.15) is 13.2 Å². The molecule has 0 radical (unpaired) electrons. The van der Waals surface area contributed by atoms with Crippen LogP contribution in [0.25, 0.3) is 0 Å². The maximum absolute atomic E-state index is 11.6. The van der Waals surface area contributed by atoms with Gasteiger partial charge in [0.05, 0.1) is 0 Å². The summed E-state index contributed by atoms with van der Waals surface area (Å²) in [6, 6.07) is -0.00334. The molecule has 0 fully saturated rings. The van der Waals surface area contributed by atoms with E-state index < -0.39 is 25.3 Å². The number of nitrogens with one attached hydrogen (secondary N) is 1. The van der Waals surface area contributed by atoms with Crippen molar-refractivity contribution in [3.8, 4) is 0 Å². The molecule has 1 amide bonds.